The van der Waals surface area contributed by atoms with E-state index in [4.69, 9.17) is 14.7 Å². The van der Waals surface area contributed by atoms with Crippen LogP contribution < -0.4 is 10.1 Å². The Morgan fingerprint density at radius 2 is 1.96 bits per heavy atom. The van der Waals surface area contributed by atoms with Crippen LogP contribution in [0.5, 0.6) is 5.75 Å². The molecule has 1 amide bonds. The van der Waals surface area contributed by atoms with E-state index in [1.54, 1.807) is 12.1 Å². The maximum absolute atomic E-state index is 13.6. The van der Waals surface area contributed by atoms with E-state index in [2.05, 4.69) is 5.32 Å². The SMILES string of the molecule is CC(C)(C)OC(=O)NC1CCC(Oc2ccc(C#N)c(F)c2)CC1. The van der Waals surface area contributed by atoms with Crippen molar-refractivity contribution in [3.05, 3.63) is 29.6 Å². The number of nitrogens with one attached hydrogen (secondary N) is 1. The molecular formula is C18H23FN2O3. The van der Waals surface area contributed by atoms with Crippen molar-refractivity contribution >= 4 is 6.09 Å². The van der Waals surface area contributed by atoms with Crippen LogP contribution in [0, 0.1) is 17.1 Å². The van der Waals surface area contributed by atoms with E-state index in [0.29, 0.717) is 5.75 Å². The zero-order valence-electron chi connectivity index (χ0n) is 14.3. The molecule has 0 spiro atoms. The summed E-state index contributed by atoms with van der Waals surface area (Å²) in [5.74, 6) is -0.148. The van der Waals surface area contributed by atoms with Crippen LogP contribution in [0.15, 0.2) is 18.2 Å². The van der Waals surface area contributed by atoms with Gasteiger partial charge in [-0.1, -0.05) is 0 Å². The van der Waals surface area contributed by atoms with Crippen LogP contribution in [0.2, 0.25) is 0 Å². The fourth-order valence-electron chi connectivity index (χ4n) is 2.65. The lowest BCUT2D eigenvalue weighted by molar-refractivity contribution is 0.0470. The van der Waals surface area contributed by atoms with Gasteiger partial charge in [0.25, 0.3) is 0 Å². The average Bonchev–Trinajstić information content (AvgIpc) is 2.47. The summed E-state index contributed by atoms with van der Waals surface area (Å²) in [5.41, 5.74) is -0.503. The van der Waals surface area contributed by atoms with Gasteiger partial charge in [-0.25, -0.2) is 9.18 Å². The first kappa shape index (κ1) is 18.1. The van der Waals surface area contributed by atoms with Gasteiger partial charge in [-0.15, -0.1) is 0 Å². The Balaban J connectivity index is 1.80. The highest BCUT2D eigenvalue weighted by Gasteiger charge is 2.25. The Kier molecular flexibility index (Phi) is 5.66. The number of carbonyl (C=O) groups excluding carboxylic acids is 1. The molecule has 1 fully saturated rings. The van der Waals surface area contributed by atoms with Crippen LogP contribution in [0.1, 0.15) is 52.0 Å². The van der Waals surface area contributed by atoms with Crippen LogP contribution >= 0.6 is 0 Å². The summed E-state index contributed by atoms with van der Waals surface area (Å²) in [6.07, 6.45) is 2.67. The predicted molar refractivity (Wildman–Crippen MR) is 87.2 cm³/mol. The van der Waals surface area contributed by atoms with E-state index in [1.165, 1.54) is 12.1 Å². The summed E-state index contributed by atoms with van der Waals surface area (Å²) in [4.78, 5) is 11.8. The lowest BCUT2D eigenvalue weighted by Gasteiger charge is -2.30. The number of nitriles is 1. The number of alkyl carbamates (subject to hydrolysis) is 1. The van der Waals surface area contributed by atoms with Crippen LogP contribution in [0.3, 0.4) is 0 Å². The Morgan fingerprint density at radius 1 is 1.29 bits per heavy atom. The normalized spacial score (nSPS) is 20.8. The van der Waals surface area contributed by atoms with E-state index in [1.807, 2.05) is 20.8 Å². The Morgan fingerprint density at radius 3 is 2.50 bits per heavy atom. The molecule has 0 bridgehead atoms. The lowest BCUT2D eigenvalue weighted by atomic mass is 9.93. The van der Waals surface area contributed by atoms with E-state index < -0.39 is 17.5 Å². The summed E-state index contributed by atoms with van der Waals surface area (Å²) >= 11 is 0. The smallest absolute Gasteiger partial charge is 0.407 e. The third-order valence-corrected chi connectivity index (χ3v) is 3.76. The highest BCUT2D eigenvalue weighted by molar-refractivity contribution is 5.68. The molecule has 0 saturated heterocycles. The van der Waals surface area contributed by atoms with Gasteiger partial charge in [0.1, 0.15) is 23.2 Å². The zero-order valence-corrected chi connectivity index (χ0v) is 14.3. The molecule has 0 atom stereocenters. The molecule has 5 nitrogen and oxygen atoms in total. The standard InChI is InChI=1S/C18H23FN2O3/c1-18(2,3)24-17(22)21-13-5-8-14(9-6-13)23-15-7-4-12(11-20)16(19)10-15/h4,7,10,13-14H,5-6,8-9H2,1-3H3,(H,21,22). The Bertz CT molecular complexity index is 626. The zero-order chi connectivity index (χ0) is 17.7. The van der Waals surface area contributed by atoms with Gasteiger partial charge in [0, 0.05) is 12.1 Å². The summed E-state index contributed by atoms with van der Waals surface area (Å²) in [6, 6.07) is 6.11. The molecule has 1 saturated carbocycles. The van der Waals surface area contributed by atoms with Crippen LogP contribution in [-0.2, 0) is 4.74 Å². The van der Waals surface area contributed by atoms with Crippen LogP contribution in [-0.4, -0.2) is 23.8 Å². The first-order chi connectivity index (χ1) is 11.3. The molecule has 24 heavy (non-hydrogen) atoms. The molecule has 0 aliphatic heterocycles. The van der Waals surface area contributed by atoms with Crippen LogP contribution in [0.25, 0.3) is 0 Å². The third-order valence-electron chi connectivity index (χ3n) is 3.76. The minimum absolute atomic E-state index is 0.00705. The molecule has 6 heteroatoms. The van der Waals surface area contributed by atoms with Crippen molar-refractivity contribution < 1.29 is 18.7 Å². The van der Waals surface area contributed by atoms with Crippen molar-refractivity contribution in [2.75, 3.05) is 0 Å². The van der Waals surface area contributed by atoms with Crippen molar-refractivity contribution in [3.63, 3.8) is 0 Å². The van der Waals surface area contributed by atoms with Crippen molar-refractivity contribution in [3.8, 4) is 11.8 Å². The molecule has 1 aromatic rings. The Labute approximate surface area is 141 Å². The molecule has 0 aromatic heterocycles. The number of amides is 1. The molecule has 1 aromatic carbocycles. The first-order valence-electron chi connectivity index (χ1n) is 8.12. The van der Waals surface area contributed by atoms with Crippen molar-refractivity contribution in [1.82, 2.24) is 5.32 Å². The van der Waals surface area contributed by atoms with Gasteiger partial charge >= 0.3 is 6.09 Å². The number of benzene rings is 1. The van der Waals surface area contributed by atoms with Gasteiger partial charge in [0.05, 0.1) is 11.7 Å². The summed E-state index contributed by atoms with van der Waals surface area (Å²) in [5, 5.41) is 11.6. The van der Waals surface area contributed by atoms with Crippen molar-refractivity contribution in [1.29, 1.82) is 5.26 Å². The topological polar surface area (TPSA) is 71.3 Å². The van der Waals surface area contributed by atoms with Gasteiger partial charge in [-0.2, -0.15) is 5.26 Å². The molecule has 0 radical (unpaired) electrons. The predicted octanol–water partition coefficient (Wildman–Crippen LogP) is 3.91. The maximum Gasteiger partial charge on any atom is 0.407 e. The molecule has 0 unspecified atom stereocenters. The number of halogens is 1. The van der Waals surface area contributed by atoms with E-state index in [9.17, 15) is 9.18 Å². The summed E-state index contributed by atoms with van der Waals surface area (Å²) < 4.78 is 24.6. The second-order valence-electron chi connectivity index (χ2n) is 6.99. The van der Waals surface area contributed by atoms with Crippen molar-refractivity contribution in [2.45, 2.75) is 64.2 Å². The first-order valence-corrected chi connectivity index (χ1v) is 8.12. The number of carbonyl (C=O) groups is 1. The van der Waals surface area contributed by atoms with Gasteiger partial charge in [-0.3, -0.25) is 0 Å². The molecule has 130 valence electrons. The number of ether oxygens (including phenoxy) is 2. The van der Waals surface area contributed by atoms with Crippen LogP contribution in [0.4, 0.5) is 9.18 Å². The third kappa shape index (κ3) is 5.41. The van der Waals surface area contributed by atoms with Crippen molar-refractivity contribution in [2.24, 2.45) is 0 Å². The highest BCUT2D eigenvalue weighted by atomic mass is 19.1. The second-order valence-corrected chi connectivity index (χ2v) is 6.99. The number of hydrogen-bond donors (Lipinski definition) is 1. The van der Waals surface area contributed by atoms with E-state index in [-0.39, 0.29) is 17.7 Å². The highest BCUT2D eigenvalue weighted by Crippen LogP contribution is 2.25. The van der Waals surface area contributed by atoms with E-state index >= 15 is 0 Å². The average molecular weight is 334 g/mol. The summed E-state index contributed by atoms with van der Waals surface area (Å²) in [7, 11) is 0. The lowest BCUT2D eigenvalue weighted by Crippen LogP contribution is -2.42. The number of rotatable bonds is 3. The molecular weight excluding hydrogens is 311 g/mol. The minimum Gasteiger partial charge on any atom is -0.490 e. The molecule has 2 rings (SSSR count). The minimum atomic E-state index is -0.574. The number of nitrogens with zero attached hydrogens (tertiary/aromatic N) is 1. The second kappa shape index (κ2) is 7.52. The van der Waals surface area contributed by atoms with Gasteiger partial charge < -0.3 is 14.8 Å². The van der Waals surface area contributed by atoms with Gasteiger partial charge in [-0.05, 0) is 58.6 Å². The maximum atomic E-state index is 13.6. The molecule has 1 N–H and O–H groups in total. The van der Waals surface area contributed by atoms with E-state index in [0.717, 1.165) is 25.7 Å². The fourth-order valence-corrected chi connectivity index (χ4v) is 2.65. The quantitative estimate of drug-likeness (QED) is 0.909. The Hall–Kier alpha value is -2.29. The van der Waals surface area contributed by atoms with Gasteiger partial charge in [0.15, 0.2) is 0 Å². The van der Waals surface area contributed by atoms with Gasteiger partial charge in [0.2, 0.25) is 0 Å². The molecule has 1 aliphatic carbocycles. The number of hydrogen-bond acceptors (Lipinski definition) is 4. The fraction of sp³-hybridized carbons (Fsp3) is 0.556. The molecule has 0 heterocycles. The summed E-state index contributed by atoms with van der Waals surface area (Å²) in [6.45, 7) is 5.48. The molecule has 1 aliphatic rings. The largest absolute Gasteiger partial charge is 0.490 e. The monoisotopic (exact) mass is 334 g/mol.